The number of ether oxygens (including phenoxy) is 2. The lowest BCUT2D eigenvalue weighted by Crippen LogP contribution is -2.54. The van der Waals surface area contributed by atoms with Crippen molar-refractivity contribution in [3.05, 3.63) is 39.9 Å². The van der Waals surface area contributed by atoms with Crippen molar-refractivity contribution in [3.8, 4) is 0 Å². The van der Waals surface area contributed by atoms with Crippen LogP contribution >= 0.6 is 0 Å². The standard InChI is InChI=1S/C13H17NO8/c15-5-9(17)12-11(18)10(6-16)21-13(22-12)7-2-1-3-8(4-7)14(19)20/h1-4,9-13,15-18H,5-6H2/t9-,10+,11+,12+,13?/m0/s1. The zero-order chi connectivity index (χ0) is 16.3. The molecule has 1 aliphatic rings. The number of rotatable bonds is 5. The van der Waals surface area contributed by atoms with Crippen LogP contribution in [0.3, 0.4) is 0 Å². The number of nitro groups is 1. The Morgan fingerprint density at radius 2 is 2.05 bits per heavy atom. The van der Waals surface area contributed by atoms with E-state index in [2.05, 4.69) is 0 Å². The third-order valence-corrected chi connectivity index (χ3v) is 3.40. The third-order valence-electron chi connectivity index (χ3n) is 3.40. The summed E-state index contributed by atoms with van der Waals surface area (Å²) in [7, 11) is 0. The van der Waals surface area contributed by atoms with Gasteiger partial charge in [0.25, 0.3) is 5.69 Å². The van der Waals surface area contributed by atoms with Crippen molar-refractivity contribution < 1.29 is 34.8 Å². The Morgan fingerprint density at radius 3 is 2.64 bits per heavy atom. The molecule has 0 spiro atoms. The highest BCUT2D eigenvalue weighted by molar-refractivity contribution is 5.35. The van der Waals surface area contributed by atoms with E-state index in [0.29, 0.717) is 5.56 Å². The molecular weight excluding hydrogens is 298 g/mol. The summed E-state index contributed by atoms with van der Waals surface area (Å²) in [6.07, 6.45) is -6.09. The van der Waals surface area contributed by atoms with Crippen molar-refractivity contribution in [2.24, 2.45) is 0 Å². The fourth-order valence-electron chi connectivity index (χ4n) is 2.22. The highest BCUT2D eigenvalue weighted by Crippen LogP contribution is 2.32. The predicted octanol–water partition coefficient (Wildman–Crippen LogP) is -0.916. The molecule has 0 aliphatic carbocycles. The number of hydrogen-bond donors (Lipinski definition) is 4. The average molecular weight is 315 g/mol. The van der Waals surface area contributed by atoms with Gasteiger partial charge in [-0.1, -0.05) is 12.1 Å². The minimum atomic E-state index is -1.38. The van der Waals surface area contributed by atoms with E-state index >= 15 is 0 Å². The molecule has 2 rings (SSSR count). The highest BCUT2D eigenvalue weighted by Gasteiger charge is 2.42. The molecule has 5 atom stereocenters. The molecule has 1 aromatic carbocycles. The van der Waals surface area contributed by atoms with Crippen LogP contribution in [-0.2, 0) is 9.47 Å². The molecule has 1 unspecified atom stereocenters. The molecule has 9 heteroatoms. The lowest BCUT2D eigenvalue weighted by Gasteiger charge is -2.40. The van der Waals surface area contributed by atoms with Gasteiger partial charge in [-0.15, -0.1) is 0 Å². The van der Waals surface area contributed by atoms with Crippen molar-refractivity contribution in [2.45, 2.75) is 30.7 Å². The average Bonchev–Trinajstić information content (AvgIpc) is 2.54. The van der Waals surface area contributed by atoms with Crippen molar-refractivity contribution in [1.82, 2.24) is 0 Å². The summed E-state index contributed by atoms with van der Waals surface area (Å²) in [5, 5.41) is 48.7. The Hall–Kier alpha value is -1.62. The molecule has 1 heterocycles. The molecule has 1 aromatic rings. The van der Waals surface area contributed by atoms with Crippen LogP contribution in [0.1, 0.15) is 11.9 Å². The number of non-ortho nitro benzene ring substituents is 1. The maximum absolute atomic E-state index is 10.8. The summed E-state index contributed by atoms with van der Waals surface area (Å²) < 4.78 is 10.7. The fraction of sp³-hybridized carbons (Fsp3) is 0.538. The first-order valence-electron chi connectivity index (χ1n) is 6.61. The summed E-state index contributed by atoms with van der Waals surface area (Å²) in [6.45, 7) is -1.19. The van der Waals surface area contributed by atoms with E-state index in [1.54, 1.807) is 0 Å². The number of nitro benzene ring substituents is 1. The van der Waals surface area contributed by atoms with Gasteiger partial charge in [0.2, 0.25) is 0 Å². The summed E-state index contributed by atoms with van der Waals surface area (Å²) >= 11 is 0. The summed E-state index contributed by atoms with van der Waals surface area (Å²) in [5.74, 6) is 0. The molecule has 22 heavy (non-hydrogen) atoms. The maximum Gasteiger partial charge on any atom is 0.269 e. The summed E-state index contributed by atoms with van der Waals surface area (Å²) in [5.41, 5.74) is 0.130. The van der Waals surface area contributed by atoms with Crippen LogP contribution in [0.4, 0.5) is 5.69 Å². The van der Waals surface area contributed by atoms with Gasteiger partial charge in [-0.2, -0.15) is 0 Å². The molecule has 0 saturated carbocycles. The molecule has 0 radical (unpaired) electrons. The van der Waals surface area contributed by atoms with Crippen LogP contribution in [0.2, 0.25) is 0 Å². The minimum absolute atomic E-state index is 0.171. The largest absolute Gasteiger partial charge is 0.394 e. The zero-order valence-electron chi connectivity index (χ0n) is 11.5. The number of nitrogens with zero attached hydrogens (tertiary/aromatic N) is 1. The lowest BCUT2D eigenvalue weighted by atomic mass is 10.0. The summed E-state index contributed by atoms with van der Waals surface area (Å²) in [4.78, 5) is 10.2. The van der Waals surface area contributed by atoms with Gasteiger partial charge < -0.3 is 29.9 Å². The smallest absolute Gasteiger partial charge is 0.269 e. The van der Waals surface area contributed by atoms with E-state index < -0.39 is 48.8 Å². The van der Waals surface area contributed by atoms with Gasteiger partial charge >= 0.3 is 0 Å². The third kappa shape index (κ3) is 3.40. The minimum Gasteiger partial charge on any atom is -0.394 e. The first-order valence-corrected chi connectivity index (χ1v) is 6.61. The molecule has 0 bridgehead atoms. The van der Waals surface area contributed by atoms with Crippen LogP contribution in [-0.4, -0.2) is 63.0 Å². The van der Waals surface area contributed by atoms with E-state index in [4.69, 9.17) is 14.6 Å². The van der Waals surface area contributed by atoms with E-state index in [-0.39, 0.29) is 5.69 Å². The second-order valence-corrected chi connectivity index (χ2v) is 4.88. The van der Waals surface area contributed by atoms with Gasteiger partial charge in [0.05, 0.1) is 18.1 Å². The quantitative estimate of drug-likeness (QED) is 0.404. The van der Waals surface area contributed by atoms with Gasteiger partial charge in [-0.05, 0) is 0 Å². The molecule has 122 valence electrons. The summed E-state index contributed by atoms with van der Waals surface area (Å²) in [6, 6.07) is 5.49. The van der Waals surface area contributed by atoms with Crippen molar-refractivity contribution in [1.29, 1.82) is 0 Å². The predicted molar refractivity (Wildman–Crippen MR) is 71.8 cm³/mol. The molecule has 9 nitrogen and oxygen atoms in total. The number of benzene rings is 1. The Balaban J connectivity index is 2.26. The molecule has 1 fully saturated rings. The van der Waals surface area contributed by atoms with Crippen LogP contribution in [0.5, 0.6) is 0 Å². The lowest BCUT2D eigenvalue weighted by molar-refractivity contribution is -0.385. The van der Waals surface area contributed by atoms with Crippen LogP contribution in [0, 0.1) is 10.1 Å². The monoisotopic (exact) mass is 315 g/mol. The first-order chi connectivity index (χ1) is 10.5. The van der Waals surface area contributed by atoms with E-state index in [0.717, 1.165) is 0 Å². The van der Waals surface area contributed by atoms with Gasteiger partial charge in [-0.25, -0.2) is 0 Å². The second-order valence-electron chi connectivity index (χ2n) is 4.88. The maximum atomic E-state index is 10.8. The SMILES string of the molecule is O=[N+]([O-])c1cccc(C2O[C@H]([C@@H](O)CO)[C@H](O)[C@@H](CO)O2)c1. The fourth-order valence-corrected chi connectivity index (χ4v) is 2.22. The molecular formula is C13H17NO8. The van der Waals surface area contributed by atoms with Gasteiger partial charge in [0.1, 0.15) is 24.4 Å². The molecule has 4 N–H and O–H groups in total. The number of aliphatic hydroxyl groups is 4. The van der Waals surface area contributed by atoms with E-state index in [1.807, 2.05) is 0 Å². The number of hydrogen-bond acceptors (Lipinski definition) is 8. The van der Waals surface area contributed by atoms with Crippen LogP contribution in [0.25, 0.3) is 0 Å². The Kier molecular flexibility index (Phi) is 5.40. The van der Waals surface area contributed by atoms with E-state index in [1.165, 1.54) is 24.3 Å². The first kappa shape index (κ1) is 16.7. The molecule has 1 aliphatic heterocycles. The molecule has 0 aromatic heterocycles. The van der Waals surface area contributed by atoms with Gasteiger partial charge in [0.15, 0.2) is 6.29 Å². The zero-order valence-corrected chi connectivity index (χ0v) is 11.5. The Labute approximate surface area is 125 Å². The second kappa shape index (κ2) is 7.09. The van der Waals surface area contributed by atoms with Crippen LogP contribution in [0.15, 0.2) is 24.3 Å². The van der Waals surface area contributed by atoms with Crippen LogP contribution < -0.4 is 0 Å². The topological polar surface area (TPSA) is 143 Å². The van der Waals surface area contributed by atoms with Gasteiger partial charge in [-0.3, -0.25) is 10.1 Å². The van der Waals surface area contributed by atoms with Crippen molar-refractivity contribution in [3.63, 3.8) is 0 Å². The van der Waals surface area contributed by atoms with Crippen molar-refractivity contribution >= 4 is 5.69 Å². The normalized spacial score (nSPS) is 30.0. The Bertz CT molecular complexity index is 525. The van der Waals surface area contributed by atoms with Gasteiger partial charge in [0, 0.05) is 17.7 Å². The van der Waals surface area contributed by atoms with E-state index in [9.17, 15) is 25.4 Å². The highest BCUT2D eigenvalue weighted by atomic mass is 16.7. The molecule has 1 saturated heterocycles. The van der Waals surface area contributed by atoms with Crippen molar-refractivity contribution in [2.75, 3.05) is 13.2 Å². The molecule has 0 amide bonds. The Morgan fingerprint density at radius 1 is 1.32 bits per heavy atom. The number of aliphatic hydroxyl groups excluding tert-OH is 4.